The van der Waals surface area contributed by atoms with E-state index in [1.807, 2.05) is 30.3 Å². The van der Waals surface area contributed by atoms with Crippen LogP contribution in [-0.4, -0.2) is 70.6 Å². The molecule has 1 heterocycles. The van der Waals surface area contributed by atoms with Crippen LogP contribution in [0, 0.1) is 5.92 Å². The molecule has 1 fully saturated rings. The molecule has 5 rings (SSSR count). The van der Waals surface area contributed by atoms with Crippen molar-refractivity contribution in [2.24, 2.45) is 5.92 Å². The molecule has 230 valence electrons. The Kier molecular flexibility index (Phi) is 8.84. The summed E-state index contributed by atoms with van der Waals surface area (Å²) in [5.74, 6) is -0.725. The number of amides is 1. The van der Waals surface area contributed by atoms with E-state index in [1.165, 1.54) is 14.2 Å². The van der Waals surface area contributed by atoms with E-state index in [4.69, 9.17) is 28.4 Å². The summed E-state index contributed by atoms with van der Waals surface area (Å²) >= 11 is 0. The number of carbonyl (C=O) groups is 1. The Balaban J connectivity index is 1.68. The second kappa shape index (κ2) is 12.4. The van der Waals surface area contributed by atoms with Crippen molar-refractivity contribution in [3.8, 4) is 23.0 Å². The van der Waals surface area contributed by atoms with Crippen LogP contribution in [-0.2, 0) is 25.5 Å². The molecule has 0 unspecified atom stereocenters. The number of aliphatic hydroxyl groups is 2. The highest BCUT2D eigenvalue weighted by Gasteiger charge is 2.78. The van der Waals surface area contributed by atoms with Gasteiger partial charge in [0.15, 0.2) is 17.5 Å². The molecule has 0 bridgehead atoms. The number of carbonyl (C=O) groups excluding carboxylic acids is 1. The summed E-state index contributed by atoms with van der Waals surface area (Å²) < 4.78 is 34.0. The predicted octanol–water partition coefficient (Wildman–Crippen LogP) is 3.48. The molecule has 1 aliphatic carbocycles. The van der Waals surface area contributed by atoms with E-state index in [0.717, 1.165) is 0 Å². The molecule has 0 radical (unpaired) electrons. The Labute approximate surface area is 251 Å². The third kappa shape index (κ3) is 4.88. The molecule has 1 amide bonds. The van der Waals surface area contributed by atoms with Crippen molar-refractivity contribution in [2.75, 3.05) is 42.1 Å². The first-order valence-electron chi connectivity index (χ1n) is 14.2. The number of hydrogen-bond donors (Lipinski definition) is 3. The van der Waals surface area contributed by atoms with Gasteiger partial charge in [-0.1, -0.05) is 42.5 Å². The van der Waals surface area contributed by atoms with Crippen LogP contribution in [0.25, 0.3) is 0 Å². The maximum absolute atomic E-state index is 14.1. The van der Waals surface area contributed by atoms with Gasteiger partial charge in [0.2, 0.25) is 5.91 Å². The summed E-state index contributed by atoms with van der Waals surface area (Å²) in [6.45, 7) is 0.318. The van der Waals surface area contributed by atoms with E-state index in [9.17, 15) is 15.0 Å². The molecular weight excluding hydrogens is 554 g/mol. The largest absolute Gasteiger partial charge is 0.497 e. The summed E-state index contributed by atoms with van der Waals surface area (Å²) in [6, 6.07) is 19.7. The van der Waals surface area contributed by atoms with Crippen LogP contribution in [0.2, 0.25) is 0 Å². The molecule has 2 aliphatic rings. The minimum atomic E-state index is -2.10. The predicted molar refractivity (Wildman–Crippen MR) is 157 cm³/mol. The normalized spacial score (nSPS) is 25.5. The highest BCUT2D eigenvalue weighted by molar-refractivity contribution is 5.83. The van der Waals surface area contributed by atoms with Gasteiger partial charge < -0.3 is 44.0 Å². The Hall–Kier alpha value is -3.83. The second-order valence-corrected chi connectivity index (χ2v) is 10.7. The van der Waals surface area contributed by atoms with Crippen LogP contribution >= 0.6 is 0 Å². The Bertz CT molecular complexity index is 1410. The van der Waals surface area contributed by atoms with Crippen LogP contribution in [0.5, 0.6) is 23.0 Å². The Morgan fingerprint density at radius 3 is 2.21 bits per heavy atom. The first-order valence-corrected chi connectivity index (χ1v) is 14.2. The lowest BCUT2D eigenvalue weighted by Gasteiger charge is -2.40. The van der Waals surface area contributed by atoms with Crippen LogP contribution < -0.4 is 24.3 Å². The quantitative estimate of drug-likeness (QED) is 0.214. The SMILES string of the molecule is COc1ccc([C@@]23Oc4cc(OC)cc(OC)c4[C@]2(O)[C@H](O)[C@H](C(=O)NCCCC(OC)OC)[C@H]3c2ccccc2)cc1. The molecule has 0 spiro atoms. The summed E-state index contributed by atoms with van der Waals surface area (Å²) in [5, 5.41) is 28.2. The third-order valence-electron chi connectivity index (χ3n) is 8.70. The van der Waals surface area contributed by atoms with Crippen molar-refractivity contribution >= 4 is 5.91 Å². The summed E-state index contributed by atoms with van der Waals surface area (Å²) in [7, 11) is 7.68. The zero-order chi connectivity index (χ0) is 30.8. The van der Waals surface area contributed by atoms with Crippen molar-refractivity contribution in [3.63, 3.8) is 0 Å². The van der Waals surface area contributed by atoms with Gasteiger partial charge in [-0.3, -0.25) is 4.79 Å². The highest BCUT2D eigenvalue weighted by atomic mass is 16.7. The van der Waals surface area contributed by atoms with Crippen LogP contribution in [0.3, 0.4) is 0 Å². The van der Waals surface area contributed by atoms with Crippen LogP contribution in [0.15, 0.2) is 66.7 Å². The lowest BCUT2D eigenvalue weighted by atomic mass is 9.70. The van der Waals surface area contributed by atoms with Gasteiger partial charge in [0, 0.05) is 45.2 Å². The first kappa shape index (κ1) is 30.6. The molecule has 5 atom stereocenters. The number of fused-ring (bicyclic) bond motifs is 3. The number of hydrogen-bond acceptors (Lipinski definition) is 9. The van der Waals surface area contributed by atoms with E-state index in [1.54, 1.807) is 57.7 Å². The van der Waals surface area contributed by atoms with Crippen molar-refractivity contribution in [3.05, 3.63) is 83.4 Å². The van der Waals surface area contributed by atoms with Crippen LogP contribution in [0.1, 0.15) is 35.4 Å². The summed E-state index contributed by atoms with van der Waals surface area (Å²) in [6.07, 6.45) is -0.830. The molecule has 43 heavy (non-hydrogen) atoms. The molecule has 0 aromatic heterocycles. The van der Waals surface area contributed by atoms with E-state index in [0.29, 0.717) is 47.8 Å². The minimum Gasteiger partial charge on any atom is -0.497 e. The molecule has 3 aromatic rings. The topological polar surface area (TPSA) is 125 Å². The standard InChI is InChI=1S/C33H39NO9/c1-38-22-15-13-21(14-16-22)33-28(20-10-7-6-8-11-20)27(31(36)34-17-9-12-26(41-4)42-5)30(35)32(33,37)29-24(40-3)18-23(39-2)19-25(29)43-33/h6-8,10-11,13-16,18-19,26-28,30,35,37H,9,12,17H2,1-5H3,(H,34,36)/t27-,28-,30-,32+,33+/m1/s1. The zero-order valence-electron chi connectivity index (χ0n) is 25.0. The highest BCUT2D eigenvalue weighted by Crippen LogP contribution is 2.70. The van der Waals surface area contributed by atoms with Gasteiger partial charge >= 0.3 is 0 Å². The number of ether oxygens (including phenoxy) is 6. The number of rotatable bonds is 12. The smallest absolute Gasteiger partial charge is 0.226 e. The molecule has 10 heteroatoms. The number of benzene rings is 3. The molecule has 0 saturated heterocycles. The van der Waals surface area contributed by atoms with Crippen molar-refractivity contribution in [2.45, 2.75) is 42.4 Å². The average molecular weight is 594 g/mol. The van der Waals surface area contributed by atoms with Gasteiger partial charge in [0.25, 0.3) is 0 Å². The number of methoxy groups -OCH3 is 5. The zero-order valence-corrected chi connectivity index (χ0v) is 25.0. The maximum Gasteiger partial charge on any atom is 0.226 e. The fraction of sp³-hybridized carbons (Fsp3) is 0.424. The number of nitrogens with one attached hydrogen (secondary N) is 1. The fourth-order valence-corrected chi connectivity index (χ4v) is 6.73. The van der Waals surface area contributed by atoms with Crippen molar-refractivity contribution in [1.29, 1.82) is 0 Å². The van der Waals surface area contributed by atoms with E-state index >= 15 is 0 Å². The van der Waals surface area contributed by atoms with E-state index in [2.05, 4.69) is 5.32 Å². The molecule has 10 nitrogen and oxygen atoms in total. The molecule has 1 saturated carbocycles. The van der Waals surface area contributed by atoms with Gasteiger partial charge in [-0.05, 0) is 29.7 Å². The Morgan fingerprint density at radius 1 is 0.930 bits per heavy atom. The second-order valence-electron chi connectivity index (χ2n) is 10.7. The van der Waals surface area contributed by atoms with Crippen LogP contribution in [0.4, 0.5) is 0 Å². The van der Waals surface area contributed by atoms with Gasteiger partial charge in [-0.15, -0.1) is 0 Å². The fourth-order valence-electron chi connectivity index (χ4n) is 6.73. The van der Waals surface area contributed by atoms with Gasteiger partial charge in [0.05, 0.1) is 32.8 Å². The van der Waals surface area contributed by atoms with Gasteiger partial charge in [-0.2, -0.15) is 0 Å². The molecule has 1 aliphatic heterocycles. The molecule has 3 N–H and O–H groups in total. The van der Waals surface area contributed by atoms with E-state index in [-0.39, 0.29) is 17.6 Å². The van der Waals surface area contributed by atoms with Crippen molar-refractivity contribution in [1.82, 2.24) is 5.32 Å². The monoisotopic (exact) mass is 593 g/mol. The first-order chi connectivity index (χ1) is 20.8. The minimum absolute atomic E-state index is 0.249. The Morgan fingerprint density at radius 2 is 1.60 bits per heavy atom. The lowest BCUT2D eigenvalue weighted by molar-refractivity contribution is -0.154. The maximum atomic E-state index is 14.1. The number of aliphatic hydroxyl groups excluding tert-OH is 1. The van der Waals surface area contributed by atoms with Gasteiger partial charge in [0.1, 0.15) is 29.1 Å². The molecular formula is C33H39NO9. The van der Waals surface area contributed by atoms with Gasteiger partial charge in [-0.25, -0.2) is 0 Å². The van der Waals surface area contributed by atoms with E-state index < -0.39 is 35.0 Å². The average Bonchev–Trinajstić information content (AvgIpc) is 3.43. The third-order valence-corrected chi connectivity index (χ3v) is 8.70. The molecule has 3 aromatic carbocycles. The summed E-state index contributed by atoms with van der Waals surface area (Å²) in [4.78, 5) is 14.1. The summed E-state index contributed by atoms with van der Waals surface area (Å²) in [5.41, 5.74) is -2.22. The van der Waals surface area contributed by atoms with Crippen molar-refractivity contribution < 1.29 is 43.4 Å². The lowest BCUT2D eigenvalue weighted by Crippen LogP contribution is -2.52.